The van der Waals surface area contributed by atoms with Gasteiger partial charge in [-0.25, -0.2) is 0 Å². The maximum absolute atomic E-state index is 11.7. The molecule has 0 aromatic heterocycles. The van der Waals surface area contributed by atoms with Gasteiger partial charge in [-0.3, -0.25) is 14.1 Å². The SMILES string of the molecule is CC1(C)C(C=CCC=Nc2ccccc2)=[N+](CCCCS(=O)(=O)O)c2ccc(S(=O)(=O)O)cc21. The number of benzene rings is 2. The van der Waals surface area contributed by atoms with Crippen molar-refractivity contribution < 1.29 is 30.5 Å². The first-order valence-corrected chi connectivity index (χ1v) is 13.9. The average molecular weight is 506 g/mol. The molecular formula is C24H29N2O6S2+. The third kappa shape index (κ3) is 6.47. The van der Waals surface area contributed by atoms with Crippen LogP contribution in [0.15, 0.2) is 70.6 Å². The van der Waals surface area contributed by atoms with Crippen LogP contribution in [0.3, 0.4) is 0 Å². The molecule has 0 atom stereocenters. The minimum absolute atomic E-state index is 0.175. The molecule has 0 unspecified atom stereocenters. The van der Waals surface area contributed by atoms with Crippen LogP contribution in [0.4, 0.5) is 11.4 Å². The second-order valence-electron chi connectivity index (χ2n) is 8.59. The second kappa shape index (κ2) is 10.3. The quantitative estimate of drug-likeness (QED) is 0.214. The summed E-state index contributed by atoms with van der Waals surface area (Å²) in [6.45, 7) is 4.42. The van der Waals surface area contributed by atoms with Crippen LogP contribution in [-0.2, 0) is 25.7 Å². The smallest absolute Gasteiger partial charge is 0.286 e. The molecule has 1 aliphatic heterocycles. The second-order valence-corrected chi connectivity index (χ2v) is 11.6. The molecule has 0 aliphatic carbocycles. The number of hydrogen-bond donors (Lipinski definition) is 2. The topological polar surface area (TPSA) is 124 Å². The predicted octanol–water partition coefficient (Wildman–Crippen LogP) is 4.33. The summed E-state index contributed by atoms with van der Waals surface area (Å²) in [7, 11) is -8.39. The summed E-state index contributed by atoms with van der Waals surface area (Å²) in [5, 5.41) is 0. The zero-order valence-electron chi connectivity index (χ0n) is 19.1. The van der Waals surface area contributed by atoms with Crippen molar-refractivity contribution in [3.05, 3.63) is 66.2 Å². The van der Waals surface area contributed by atoms with Gasteiger partial charge in [0.25, 0.3) is 20.2 Å². The van der Waals surface area contributed by atoms with Crippen molar-refractivity contribution in [3.8, 4) is 0 Å². The third-order valence-electron chi connectivity index (χ3n) is 5.71. The van der Waals surface area contributed by atoms with Gasteiger partial charge in [0.2, 0.25) is 5.69 Å². The molecule has 3 rings (SSSR count). The standard InChI is InChI=1S/C24H28N2O6S2/c1-24(2)21-18-20(34(30,31)32)13-14-22(21)26(16-8-9-17-33(27,28)29)23(24)12-6-7-15-25-19-10-4-3-5-11-19/h3-6,10-15,18H,7-9,16-17H2,1-2H3,(H-,27,28,29,30,31,32)/p+1. The number of unbranched alkanes of at least 4 members (excludes halogenated alkanes) is 1. The fourth-order valence-corrected chi connectivity index (χ4v) is 5.10. The molecule has 1 heterocycles. The number of hydrogen-bond acceptors (Lipinski definition) is 5. The number of para-hydroxylation sites is 1. The Balaban J connectivity index is 1.89. The summed E-state index contributed by atoms with van der Waals surface area (Å²) in [5.74, 6) is -0.320. The lowest BCUT2D eigenvalue weighted by molar-refractivity contribution is -0.438. The summed E-state index contributed by atoms with van der Waals surface area (Å²) >= 11 is 0. The van der Waals surface area contributed by atoms with E-state index in [4.69, 9.17) is 4.55 Å². The molecule has 8 nitrogen and oxygen atoms in total. The maximum atomic E-state index is 11.7. The summed E-state index contributed by atoms with van der Waals surface area (Å²) in [5.41, 5.74) is 2.74. The highest BCUT2D eigenvalue weighted by atomic mass is 32.2. The molecule has 0 saturated heterocycles. The van der Waals surface area contributed by atoms with Crippen molar-refractivity contribution >= 4 is 43.5 Å². The number of rotatable bonds is 10. The third-order valence-corrected chi connectivity index (χ3v) is 7.36. The molecule has 0 amide bonds. The Labute approximate surface area is 200 Å². The van der Waals surface area contributed by atoms with Gasteiger partial charge in [-0.1, -0.05) is 24.3 Å². The molecule has 10 heteroatoms. The fraction of sp³-hybridized carbons (Fsp3) is 0.333. The number of fused-ring (bicyclic) bond motifs is 1. The molecular weight excluding hydrogens is 476 g/mol. The molecule has 2 aromatic rings. The van der Waals surface area contributed by atoms with Gasteiger partial charge in [0.05, 0.1) is 21.8 Å². The van der Waals surface area contributed by atoms with E-state index in [0.29, 0.717) is 19.4 Å². The lowest BCUT2D eigenvalue weighted by atomic mass is 9.81. The van der Waals surface area contributed by atoms with Gasteiger partial charge in [-0.15, -0.1) is 0 Å². The van der Waals surface area contributed by atoms with Gasteiger partial charge in [-0.2, -0.15) is 21.4 Å². The predicted molar refractivity (Wildman–Crippen MR) is 133 cm³/mol. The largest absolute Gasteiger partial charge is 0.294 e. The molecule has 2 aromatic carbocycles. The highest BCUT2D eigenvalue weighted by Gasteiger charge is 2.44. The first-order valence-electron chi connectivity index (χ1n) is 10.9. The van der Waals surface area contributed by atoms with Crippen molar-refractivity contribution in [2.45, 2.75) is 43.4 Å². The Morgan fingerprint density at radius 3 is 2.35 bits per heavy atom. The van der Waals surface area contributed by atoms with Crippen LogP contribution in [0.2, 0.25) is 0 Å². The van der Waals surface area contributed by atoms with Crippen molar-refractivity contribution in [1.29, 1.82) is 0 Å². The first kappa shape index (κ1) is 26.0. The summed E-state index contributed by atoms with van der Waals surface area (Å²) in [4.78, 5) is 4.24. The maximum Gasteiger partial charge on any atom is 0.294 e. The van der Waals surface area contributed by atoms with Gasteiger partial charge in [0.1, 0.15) is 6.54 Å². The van der Waals surface area contributed by atoms with E-state index in [1.165, 1.54) is 12.1 Å². The van der Waals surface area contributed by atoms with E-state index in [-0.39, 0.29) is 17.1 Å². The van der Waals surface area contributed by atoms with E-state index in [1.54, 1.807) is 12.3 Å². The molecule has 0 spiro atoms. The molecule has 34 heavy (non-hydrogen) atoms. The fourth-order valence-electron chi connectivity index (χ4n) is 4.02. The zero-order chi connectivity index (χ0) is 25.0. The Hall–Kier alpha value is -2.66. The average Bonchev–Trinajstić information content (AvgIpc) is 2.96. The zero-order valence-corrected chi connectivity index (χ0v) is 20.8. The molecule has 0 saturated carbocycles. The van der Waals surface area contributed by atoms with Crippen LogP contribution >= 0.6 is 0 Å². The van der Waals surface area contributed by atoms with Gasteiger partial charge < -0.3 is 0 Å². The van der Waals surface area contributed by atoms with Gasteiger partial charge in [0, 0.05) is 36.8 Å². The molecule has 1 aliphatic rings. The highest BCUT2D eigenvalue weighted by molar-refractivity contribution is 7.86. The van der Waals surface area contributed by atoms with Crippen LogP contribution in [0.25, 0.3) is 0 Å². The van der Waals surface area contributed by atoms with E-state index >= 15 is 0 Å². The number of allylic oxidation sites excluding steroid dienone is 2. The Kier molecular flexibility index (Phi) is 7.87. The van der Waals surface area contributed by atoms with E-state index in [9.17, 15) is 21.4 Å². The Bertz CT molecular complexity index is 1340. The Morgan fingerprint density at radius 1 is 1.00 bits per heavy atom. The van der Waals surface area contributed by atoms with Crippen LogP contribution < -0.4 is 0 Å². The number of nitrogens with zero attached hydrogens (tertiary/aromatic N) is 2. The number of aliphatic imine (C=N–C) groups is 1. The summed E-state index contributed by atoms with van der Waals surface area (Å²) in [6, 6.07) is 14.1. The molecule has 182 valence electrons. The van der Waals surface area contributed by atoms with Crippen molar-refractivity contribution in [3.63, 3.8) is 0 Å². The lowest BCUT2D eigenvalue weighted by Gasteiger charge is -2.16. The minimum Gasteiger partial charge on any atom is -0.286 e. The molecule has 0 radical (unpaired) electrons. The van der Waals surface area contributed by atoms with Gasteiger partial charge >= 0.3 is 0 Å². The van der Waals surface area contributed by atoms with Crippen molar-refractivity contribution in [1.82, 2.24) is 0 Å². The van der Waals surface area contributed by atoms with Crippen LogP contribution in [0, 0.1) is 0 Å². The Morgan fingerprint density at radius 2 is 1.71 bits per heavy atom. The highest BCUT2D eigenvalue weighted by Crippen LogP contribution is 2.41. The monoisotopic (exact) mass is 505 g/mol. The van der Waals surface area contributed by atoms with Crippen molar-refractivity contribution in [2.75, 3.05) is 12.3 Å². The van der Waals surface area contributed by atoms with E-state index in [1.807, 2.05) is 60.9 Å². The normalized spacial score (nSPS) is 16.0. The molecule has 2 N–H and O–H groups in total. The first-order chi connectivity index (χ1) is 15.9. The van der Waals surface area contributed by atoms with Gasteiger partial charge in [-0.05, 0) is 44.5 Å². The summed E-state index contributed by atoms with van der Waals surface area (Å²) in [6.07, 6.45) is 7.10. The minimum atomic E-state index is -4.36. The lowest BCUT2D eigenvalue weighted by Crippen LogP contribution is -2.28. The van der Waals surface area contributed by atoms with Crippen LogP contribution in [-0.4, -0.2) is 54.7 Å². The van der Waals surface area contributed by atoms with Crippen molar-refractivity contribution in [2.24, 2.45) is 4.99 Å². The molecule has 0 fully saturated rings. The van der Waals surface area contributed by atoms with E-state index < -0.39 is 25.7 Å². The molecule has 0 bridgehead atoms. The van der Waals surface area contributed by atoms with Crippen LogP contribution in [0.5, 0.6) is 0 Å². The van der Waals surface area contributed by atoms with Gasteiger partial charge in [0.15, 0.2) is 5.71 Å². The van der Waals surface area contributed by atoms with E-state index in [0.717, 1.165) is 22.6 Å². The summed E-state index contributed by atoms with van der Waals surface area (Å²) < 4.78 is 66.1. The van der Waals surface area contributed by atoms with E-state index in [2.05, 4.69) is 4.99 Å². The van der Waals surface area contributed by atoms with Crippen LogP contribution in [0.1, 0.15) is 38.7 Å².